The van der Waals surface area contributed by atoms with Crippen molar-refractivity contribution in [2.24, 2.45) is 11.8 Å². The van der Waals surface area contributed by atoms with Crippen molar-refractivity contribution in [1.29, 1.82) is 0 Å². The first-order valence-corrected chi connectivity index (χ1v) is 6.79. The van der Waals surface area contributed by atoms with E-state index < -0.39 is 0 Å². The van der Waals surface area contributed by atoms with E-state index in [9.17, 15) is 0 Å². The van der Waals surface area contributed by atoms with Crippen molar-refractivity contribution in [1.82, 2.24) is 4.90 Å². The van der Waals surface area contributed by atoms with Crippen molar-refractivity contribution in [3.63, 3.8) is 0 Å². The molecule has 0 bridgehead atoms. The molecule has 17 heavy (non-hydrogen) atoms. The number of benzene rings is 1. The van der Waals surface area contributed by atoms with E-state index in [1.165, 1.54) is 30.9 Å². The Kier molecular flexibility index (Phi) is 2.83. The number of hydrogen-bond donors (Lipinski definition) is 1. The first-order valence-electron chi connectivity index (χ1n) is 6.79. The van der Waals surface area contributed by atoms with E-state index in [-0.39, 0.29) is 0 Å². The van der Waals surface area contributed by atoms with Crippen LogP contribution in [0.1, 0.15) is 25.3 Å². The summed E-state index contributed by atoms with van der Waals surface area (Å²) in [4.78, 5) is 2.64. The molecule has 2 heterocycles. The van der Waals surface area contributed by atoms with Gasteiger partial charge in [0.05, 0.1) is 0 Å². The maximum atomic E-state index is 3.52. The highest BCUT2D eigenvalue weighted by molar-refractivity contribution is 5.57. The van der Waals surface area contributed by atoms with Crippen LogP contribution < -0.4 is 5.32 Å². The molecule has 2 aliphatic heterocycles. The van der Waals surface area contributed by atoms with E-state index in [2.05, 4.69) is 48.3 Å². The number of likely N-dealkylation sites (tertiary alicyclic amines) is 1. The molecule has 1 saturated heterocycles. The average molecular weight is 230 g/mol. The Morgan fingerprint density at radius 1 is 1.18 bits per heavy atom. The third kappa shape index (κ3) is 2.06. The first-order chi connectivity index (χ1) is 8.24. The highest BCUT2D eigenvalue weighted by atomic mass is 15.2. The van der Waals surface area contributed by atoms with Crippen molar-refractivity contribution < 1.29 is 0 Å². The summed E-state index contributed by atoms with van der Waals surface area (Å²) in [7, 11) is 0. The van der Waals surface area contributed by atoms with Crippen LogP contribution in [0, 0.1) is 11.8 Å². The Morgan fingerprint density at radius 3 is 2.65 bits per heavy atom. The number of para-hydroxylation sites is 1. The molecule has 0 saturated carbocycles. The van der Waals surface area contributed by atoms with E-state index in [1.807, 2.05) is 0 Å². The van der Waals surface area contributed by atoms with E-state index in [0.29, 0.717) is 5.92 Å². The second-order valence-corrected chi connectivity index (χ2v) is 5.84. The Labute approximate surface area is 104 Å². The second kappa shape index (κ2) is 4.34. The maximum absolute atomic E-state index is 3.52. The molecule has 1 N–H and O–H groups in total. The van der Waals surface area contributed by atoms with Crippen LogP contribution in [0.3, 0.4) is 0 Å². The van der Waals surface area contributed by atoms with Gasteiger partial charge in [-0.25, -0.2) is 0 Å². The van der Waals surface area contributed by atoms with Crippen LogP contribution in [-0.4, -0.2) is 31.1 Å². The van der Waals surface area contributed by atoms with Gasteiger partial charge in [0.25, 0.3) is 0 Å². The standard InChI is InChI=1S/C15H22N2/c1-11-8-17(9-12(11)2)10-13-7-16-15-6-4-3-5-14(13)15/h3-6,11-13,16H,7-10H2,1-2H3. The molecular weight excluding hydrogens is 208 g/mol. The van der Waals surface area contributed by atoms with Crippen LogP contribution in [0.15, 0.2) is 24.3 Å². The molecule has 0 aliphatic carbocycles. The molecule has 0 spiro atoms. The number of hydrogen-bond acceptors (Lipinski definition) is 2. The Morgan fingerprint density at radius 2 is 1.88 bits per heavy atom. The molecular formula is C15H22N2. The normalized spacial score (nSPS) is 32.5. The van der Waals surface area contributed by atoms with Gasteiger partial charge in [-0.15, -0.1) is 0 Å². The Hall–Kier alpha value is -1.02. The third-order valence-electron chi connectivity index (χ3n) is 4.48. The van der Waals surface area contributed by atoms with Crippen LogP contribution in [0.25, 0.3) is 0 Å². The minimum atomic E-state index is 0.684. The Bertz CT molecular complexity index is 392. The van der Waals surface area contributed by atoms with E-state index in [0.717, 1.165) is 18.4 Å². The zero-order valence-electron chi connectivity index (χ0n) is 10.8. The van der Waals surface area contributed by atoms with Crippen molar-refractivity contribution in [2.75, 3.05) is 31.5 Å². The zero-order chi connectivity index (χ0) is 11.8. The molecule has 2 aliphatic rings. The molecule has 0 amide bonds. The monoisotopic (exact) mass is 230 g/mol. The van der Waals surface area contributed by atoms with Crippen molar-refractivity contribution in [2.45, 2.75) is 19.8 Å². The molecule has 0 aromatic heterocycles. The Balaban J connectivity index is 1.68. The minimum Gasteiger partial charge on any atom is -0.384 e. The van der Waals surface area contributed by atoms with E-state index in [4.69, 9.17) is 0 Å². The molecule has 3 unspecified atom stereocenters. The quantitative estimate of drug-likeness (QED) is 0.840. The maximum Gasteiger partial charge on any atom is 0.0376 e. The second-order valence-electron chi connectivity index (χ2n) is 5.84. The number of nitrogens with zero attached hydrogens (tertiary/aromatic N) is 1. The SMILES string of the molecule is CC1CN(CC2CNc3ccccc32)CC1C. The molecule has 1 aromatic carbocycles. The number of fused-ring (bicyclic) bond motifs is 1. The smallest absolute Gasteiger partial charge is 0.0376 e. The van der Waals surface area contributed by atoms with Gasteiger partial charge < -0.3 is 10.2 Å². The lowest BCUT2D eigenvalue weighted by molar-refractivity contribution is 0.307. The van der Waals surface area contributed by atoms with Gasteiger partial charge in [0.2, 0.25) is 0 Å². The van der Waals surface area contributed by atoms with Gasteiger partial charge in [-0.05, 0) is 23.5 Å². The number of anilines is 1. The van der Waals surface area contributed by atoms with Crippen LogP contribution in [-0.2, 0) is 0 Å². The molecule has 3 rings (SSSR count). The van der Waals surface area contributed by atoms with Gasteiger partial charge >= 0.3 is 0 Å². The van der Waals surface area contributed by atoms with Crippen molar-refractivity contribution in [3.05, 3.63) is 29.8 Å². The van der Waals surface area contributed by atoms with Gasteiger partial charge in [0.15, 0.2) is 0 Å². The highest BCUT2D eigenvalue weighted by Gasteiger charge is 2.30. The average Bonchev–Trinajstić information content (AvgIpc) is 2.85. The molecule has 3 atom stereocenters. The molecule has 2 nitrogen and oxygen atoms in total. The predicted octanol–water partition coefficient (Wildman–Crippen LogP) is 2.78. The fourth-order valence-corrected chi connectivity index (χ4v) is 3.23. The molecule has 0 radical (unpaired) electrons. The molecule has 1 aromatic rings. The lowest BCUT2D eigenvalue weighted by atomic mass is 10.0. The summed E-state index contributed by atoms with van der Waals surface area (Å²) in [5, 5.41) is 3.52. The van der Waals surface area contributed by atoms with Crippen LogP contribution in [0.5, 0.6) is 0 Å². The van der Waals surface area contributed by atoms with Gasteiger partial charge in [0, 0.05) is 37.8 Å². The summed E-state index contributed by atoms with van der Waals surface area (Å²) >= 11 is 0. The van der Waals surface area contributed by atoms with Crippen molar-refractivity contribution in [3.8, 4) is 0 Å². The summed E-state index contributed by atoms with van der Waals surface area (Å²) in [5.74, 6) is 2.41. The minimum absolute atomic E-state index is 0.684. The topological polar surface area (TPSA) is 15.3 Å². The summed E-state index contributed by atoms with van der Waals surface area (Å²) < 4.78 is 0. The summed E-state index contributed by atoms with van der Waals surface area (Å²) in [6.07, 6.45) is 0. The summed E-state index contributed by atoms with van der Waals surface area (Å²) in [6, 6.07) is 8.76. The zero-order valence-corrected chi connectivity index (χ0v) is 10.8. The number of rotatable bonds is 2. The lowest BCUT2D eigenvalue weighted by Gasteiger charge is -2.20. The lowest BCUT2D eigenvalue weighted by Crippen LogP contribution is -2.27. The van der Waals surface area contributed by atoms with Crippen molar-refractivity contribution >= 4 is 5.69 Å². The van der Waals surface area contributed by atoms with Crippen LogP contribution in [0.4, 0.5) is 5.69 Å². The highest BCUT2D eigenvalue weighted by Crippen LogP contribution is 2.33. The summed E-state index contributed by atoms with van der Waals surface area (Å²) in [6.45, 7) is 9.65. The molecule has 92 valence electrons. The van der Waals surface area contributed by atoms with Gasteiger partial charge in [-0.2, -0.15) is 0 Å². The fourth-order valence-electron chi connectivity index (χ4n) is 3.23. The molecule has 1 fully saturated rings. The first kappa shape index (κ1) is 11.1. The number of nitrogens with one attached hydrogen (secondary N) is 1. The largest absolute Gasteiger partial charge is 0.384 e. The summed E-state index contributed by atoms with van der Waals surface area (Å²) in [5.41, 5.74) is 2.86. The van der Waals surface area contributed by atoms with E-state index >= 15 is 0 Å². The van der Waals surface area contributed by atoms with Crippen LogP contribution in [0.2, 0.25) is 0 Å². The fraction of sp³-hybridized carbons (Fsp3) is 0.600. The predicted molar refractivity (Wildman–Crippen MR) is 72.4 cm³/mol. The van der Waals surface area contributed by atoms with E-state index in [1.54, 1.807) is 0 Å². The third-order valence-corrected chi connectivity index (χ3v) is 4.48. The van der Waals surface area contributed by atoms with Crippen LogP contribution >= 0.6 is 0 Å². The van der Waals surface area contributed by atoms with Gasteiger partial charge in [0.1, 0.15) is 0 Å². The molecule has 2 heteroatoms. The van der Waals surface area contributed by atoms with Gasteiger partial charge in [-0.1, -0.05) is 32.0 Å². The van der Waals surface area contributed by atoms with Gasteiger partial charge in [-0.3, -0.25) is 0 Å².